The average molecular weight is 477 g/mol. The number of amides is 2. The van der Waals surface area contributed by atoms with Crippen LogP contribution in [0.1, 0.15) is 55.6 Å². The largest absolute Gasteiger partial charge is 0.481 e. The predicted molar refractivity (Wildman–Crippen MR) is 131 cm³/mol. The van der Waals surface area contributed by atoms with Crippen LogP contribution in [-0.2, 0) is 14.3 Å². The second-order valence-electron chi connectivity index (χ2n) is 10.0. The van der Waals surface area contributed by atoms with Crippen LogP contribution in [0.2, 0.25) is 0 Å². The zero-order valence-electron chi connectivity index (χ0n) is 19.7. The number of aliphatic carboxylic acids is 1. The van der Waals surface area contributed by atoms with Gasteiger partial charge in [0.15, 0.2) is 0 Å². The summed E-state index contributed by atoms with van der Waals surface area (Å²) in [6, 6.07) is 15.6. The highest BCUT2D eigenvalue weighted by molar-refractivity contribution is 5.86. The molecule has 3 aliphatic rings. The molecule has 2 amide bonds. The Morgan fingerprint density at radius 1 is 0.886 bits per heavy atom. The number of alkyl carbamates (subject to hydrolysis) is 1. The molecule has 3 aliphatic carbocycles. The van der Waals surface area contributed by atoms with E-state index in [0.717, 1.165) is 60.8 Å². The maximum atomic E-state index is 13.0. The molecule has 35 heavy (non-hydrogen) atoms. The van der Waals surface area contributed by atoms with Gasteiger partial charge in [-0.1, -0.05) is 61.4 Å². The van der Waals surface area contributed by atoms with Crippen molar-refractivity contribution in [1.29, 1.82) is 0 Å². The van der Waals surface area contributed by atoms with E-state index in [9.17, 15) is 19.5 Å². The van der Waals surface area contributed by atoms with E-state index in [2.05, 4.69) is 34.9 Å². The molecule has 2 fully saturated rings. The summed E-state index contributed by atoms with van der Waals surface area (Å²) < 4.78 is 5.64. The van der Waals surface area contributed by atoms with E-state index in [1.165, 1.54) is 0 Å². The van der Waals surface area contributed by atoms with Gasteiger partial charge in [-0.05, 0) is 59.8 Å². The minimum atomic E-state index is -0.875. The summed E-state index contributed by atoms with van der Waals surface area (Å²) in [6.07, 6.45) is 4.91. The molecule has 5 rings (SSSR count). The molecule has 2 saturated carbocycles. The fraction of sp³-hybridized carbons (Fsp3) is 0.464. The van der Waals surface area contributed by atoms with Crippen LogP contribution in [0, 0.1) is 17.8 Å². The van der Waals surface area contributed by atoms with Crippen LogP contribution in [0.3, 0.4) is 0 Å². The second-order valence-corrected chi connectivity index (χ2v) is 10.0. The van der Waals surface area contributed by atoms with Crippen molar-refractivity contribution in [2.24, 2.45) is 17.8 Å². The Bertz CT molecular complexity index is 1060. The summed E-state index contributed by atoms with van der Waals surface area (Å²) in [5.41, 5.74) is 4.57. The summed E-state index contributed by atoms with van der Waals surface area (Å²) in [4.78, 5) is 37.4. The third kappa shape index (κ3) is 4.77. The Hall–Kier alpha value is -3.35. The van der Waals surface area contributed by atoms with E-state index >= 15 is 0 Å². The van der Waals surface area contributed by atoms with E-state index < -0.39 is 24.0 Å². The van der Waals surface area contributed by atoms with Gasteiger partial charge in [-0.2, -0.15) is 0 Å². The molecule has 0 spiro atoms. The first-order valence-electron chi connectivity index (χ1n) is 12.6. The van der Waals surface area contributed by atoms with Crippen molar-refractivity contribution >= 4 is 18.0 Å². The number of carboxylic acid groups (broad SMARTS) is 1. The zero-order chi connectivity index (χ0) is 24.4. The van der Waals surface area contributed by atoms with Gasteiger partial charge in [0, 0.05) is 12.5 Å². The molecule has 0 aromatic heterocycles. The average Bonchev–Trinajstić information content (AvgIpc) is 3.11. The van der Waals surface area contributed by atoms with Gasteiger partial charge in [0.2, 0.25) is 5.91 Å². The normalized spacial score (nSPS) is 18.9. The Morgan fingerprint density at radius 3 is 1.97 bits per heavy atom. The topological polar surface area (TPSA) is 105 Å². The predicted octanol–water partition coefficient (Wildman–Crippen LogP) is 4.31. The number of hydrogen-bond donors (Lipinski definition) is 3. The lowest BCUT2D eigenvalue weighted by atomic mass is 9.75. The Labute approximate surface area is 205 Å². The first-order valence-corrected chi connectivity index (χ1v) is 12.6. The number of fused-ring (bicyclic) bond motifs is 3. The van der Waals surface area contributed by atoms with Gasteiger partial charge in [-0.3, -0.25) is 9.59 Å². The molecule has 7 heteroatoms. The van der Waals surface area contributed by atoms with Gasteiger partial charge in [-0.25, -0.2) is 4.79 Å². The van der Waals surface area contributed by atoms with Crippen LogP contribution in [0.15, 0.2) is 48.5 Å². The number of ether oxygens (including phenoxy) is 1. The van der Waals surface area contributed by atoms with Crippen molar-refractivity contribution in [2.45, 2.75) is 50.5 Å². The van der Waals surface area contributed by atoms with Gasteiger partial charge in [-0.15, -0.1) is 0 Å². The SMILES string of the molecule is O=C(NC(C(=O)NCC(C(=O)O)C1CCC1)C1CCC1)OCC1c2ccccc2-c2ccccc21. The number of carbonyl (C=O) groups is 3. The lowest BCUT2D eigenvalue weighted by Gasteiger charge is -2.34. The third-order valence-corrected chi connectivity index (χ3v) is 8.05. The van der Waals surface area contributed by atoms with Gasteiger partial charge in [0.05, 0.1) is 5.92 Å². The minimum Gasteiger partial charge on any atom is -0.481 e. The molecule has 2 unspecified atom stereocenters. The molecule has 0 saturated heterocycles. The van der Waals surface area contributed by atoms with Crippen molar-refractivity contribution in [3.8, 4) is 11.1 Å². The van der Waals surface area contributed by atoms with E-state index in [4.69, 9.17) is 4.74 Å². The van der Waals surface area contributed by atoms with Crippen molar-refractivity contribution in [3.63, 3.8) is 0 Å². The maximum absolute atomic E-state index is 13.0. The standard InChI is InChI=1S/C28H32N2O5/c31-26(29-15-23(27(32)33)17-7-5-8-17)25(18-9-6-10-18)30-28(34)35-16-24-21-13-3-1-11-19(21)20-12-2-4-14-22(20)24/h1-4,11-14,17-18,23-25H,5-10,15-16H2,(H,29,31)(H,30,34)(H,32,33). The van der Waals surface area contributed by atoms with E-state index in [1.807, 2.05) is 24.3 Å². The first kappa shape index (κ1) is 23.4. The fourth-order valence-electron chi connectivity index (χ4n) is 5.56. The number of rotatable bonds is 9. The van der Waals surface area contributed by atoms with Crippen molar-refractivity contribution < 1.29 is 24.2 Å². The molecule has 2 aromatic carbocycles. The molecule has 0 aliphatic heterocycles. The van der Waals surface area contributed by atoms with E-state index in [0.29, 0.717) is 0 Å². The van der Waals surface area contributed by atoms with Crippen molar-refractivity contribution in [1.82, 2.24) is 10.6 Å². The molecular formula is C28H32N2O5. The van der Waals surface area contributed by atoms with Crippen molar-refractivity contribution in [3.05, 3.63) is 59.7 Å². The summed E-state index contributed by atoms with van der Waals surface area (Å²) >= 11 is 0. The van der Waals surface area contributed by atoms with Gasteiger partial charge < -0.3 is 20.5 Å². The van der Waals surface area contributed by atoms with Gasteiger partial charge >= 0.3 is 12.1 Å². The molecule has 0 bridgehead atoms. The van der Waals surface area contributed by atoms with Gasteiger partial charge in [0.25, 0.3) is 0 Å². The molecular weight excluding hydrogens is 444 g/mol. The molecule has 0 heterocycles. The Balaban J connectivity index is 1.20. The lowest BCUT2D eigenvalue weighted by molar-refractivity contribution is -0.145. The smallest absolute Gasteiger partial charge is 0.407 e. The van der Waals surface area contributed by atoms with E-state index in [-0.39, 0.29) is 36.8 Å². The van der Waals surface area contributed by atoms with Crippen LogP contribution >= 0.6 is 0 Å². The molecule has 2 aromatic rings. The maximum Gasteiger partial charge on any atom is 0.407 e. The van der Waals surface area contributed by atoms with E-state index in [1.54, 1.807) is 0 Å². The molecule has 0 radical (unpaired) electrons. The monoisotopic (exact) mass is 476 g/mol. The number of hydrogen-bond acceptors (Lipinski definition) is 4. The summed E-state index contributed by atoms with van der Waals surface area (Å²) in [5, 5.41) is 15.1. The molecule has 2 atom stereocenters. The second kappa shape index (κ2) is 10.1. The fourth-order valence-corrected chi connectivity index (χ4v) is 5.56. The summed E-state index contributed by atoms with van der Waals surface area (Å²) in [6.45, 7) is 0.274. The van der Waals surface area contributed by atoms with Crippen molar-refractivity contribution in [2.75, 3.05) is 13.2 Å². The Morgan fingerprint density at radius 2 is 1.46 bits per heavy atom. The summed E-state index contributed by atoms with van der Waals surface area (Å²) in [5.74, 6) is -1.67. The number of nitrogens with one attached hydrogen (secondary N) is 2. The first-order chi connectivity index (χ1) is 17.0. The minimum absolute atomic E-state index is 0.0439. The molecule has 7 nitrogen and oxygen atoms in total. The lowest BCUT2D eigenvalue weighted by Crippen LogP contribution is -2.54. The highest BCUT2D eigenvalue weighted by Crippen LogP contribution is 2.44. The quantitative estimate of drug-likeness (QED) is 0.500. The highest BCUT2D eigenvalue weighted by Gasteiger charge is 2.37. The number of carbonyl (C=O) groups excluding carboxylic acids is 2. The molecule has 184 valence electrons. The van der Waals surface area contributed by atoms with Gasteiger partial charge in [0.1, 0.15) is 12.6 Å². The molecule has 3 N–H and O–H groups in total. The van der Waals surface area contributed by atoms with Crippen LogP contribution in [0.5, 0.6) is 0 Å². The van der Waals surface area contributed by atoms with Crippen LogP contribution < -0.4 is 10.6 Å². The number of carboxylic acids is 1. The third-order valence-electron chi connectivity index (χ3n) is 8.05. The zero-order valence-corrected chi connectivity index (χ0v) is 19.7. The highest BCUT2D eigenvalue weighted by atomic mass is 16.5. The van der Waals surface area contributed by atoms with Crippen LogP contribution in [0.25, 0.3) is 11.1 Å². The summed E-state index contributed by atoms with van der Waals surface area (Å²) in [7, 11) is 0. The van der Waals surface area contributed by atoms with Crippen LogP contribution in [0.4, 0.5) is 4.79 Å². The Kier molecular flexibility index (Phi) is 6.75. The van der Waals surface area contributed by atoms with Crippen LogP contribution in [-0.4, -0.2) is 42.3 Å². The number of benzene rings is 2.